The Morgan fingerprint density at radius 2 is 1.88 bits per heavy atom. The van der Waals surface area contributed by atoms with Gasteiger partial charge in [0, 0.05) is 24.6 Å². The Kier molecular flexibility index (Phi) is 5.69. The number of rotatable bonds is 5. The first kappa shape index (κ1) is 17.2. The van der Waals surface area contributed by atoms with Gasteiger partial charge < -0.3 is 4.90 Å². The van der Waals surface area contributed by atoms with Gasteiger partial charge in [-0.3, -0.25) is 9.69 Å². The number of likely N-dealkylation sites (N-methyl/N-ethyl adjacent to an activating group) is 1. The summed E-state index contributed by atoms with van der Waals surface area (Å²) in [6.45, 7) is 2.48. The fraction of sp³-hybridized carbons (Fsp3) is 0.350. The average molecular weight is 387 g/mol. The van der Waals surface area contributed by atoms with E-state index >= 15 is 0 Å². The molecule has 3 rings (SSSR count). The number of hydrogen-bond acceptors (Lipinski definition) is 2. The average Bonchev–Trinajstić information content (AvgIpc) is 3.05. The summed E-state index contributed by atoms with van der Waals surface area (Å²) in [5.41, 5.74) is 2.41. The number of hydrogen-bond donors (Lipinski definition) is 0. The summed E-state index contributed by atoms with van der Waals surface area (Å²) in [6.07, 6.45) is 2.04. The van der Waals surface area contributed by atoms with Crippen molar-refractivity contribution in [1.29, 1.82) is 0 Å². The minimum atomic E-state index is -0.00214. The van der Waals surface area contributed by atoms with E-state index in [4.69, 9.17) is 0 Å². The second kappa shape index (κ2) is 7.95. The maximum Gasteiger partial charge on any atom is 0.239 e. The van der Waals surface area contributed by atoms with E-state index in [0.29, 0.717) is 6.54 Å². The highest BCUT2D eigenvalue weighted by molar-refractivity contribution is 9.10. The molecule has 0 N–H and O–H groups in total. The molecule has 1 fully saturated rings. The molecule has 126 valence electrons. The van der Waals surface area contributed by atoms with Crippen LogP contribution < -0.4 is 0 Å². The molecule has 1 aliphatic heterocycles. The van der Waals surface area contributed by atoms with Crippen molar-refractivity contribution in [2.24, 2.45) is 0 Å². The zero-order valence-corrected chi connectivity index (χ0v) is 15.6. The van der Waals surface area contributed by atoms with Crippen molar-refractivity contribution in [3.63, 3.8) is 0 Å². The van der Waals surface area contributed by atoms with Crippen LogP contribution in [-0.4, -0.2) is 35.3 Å². The third-order valence-electron chi connectivity index (χ3n) is 4.62. The highest BCUT2D eigenvalue weighted by Crippen LogP contribution is 2.23. The number of nitrogens with zero attached hydrogens (tertiary/aromatic N) is 2. The molecular formula is C20H23BrN2O. The van der Waals surface area contributed by atoms with E-state index in [1.807, 2.05) is 36.2 Å². The van der Waals surface area contributed by atoms with Crippen LogP contribution in [0.15, 0.2) is 59.1 Å². The lowest BCUT2D eigenvalue weighted by Crippen LogP contribution is -2.43. The molecule has 24 heavy (non-hydrogen) atoms. The molecule has 4 heteroatoms. The van der Waals surface area contributed by atoms with Crippen molar-refractivity contribution < 1.29 is 4.79 Å². The molecule has 2 aromatic rings. The Balaban J connectivity index is 1.65. The second-order valence-corrected chi connectivity index (χ2v) is 7.25. The van der Waals surface area contributed by atoms with Crippen LogP contribution in [0.3, 0.4) is 0 Å². The molecule has 3 nitrogen and oxygen atoms in total. The fourth-order valence-corrected chi connectivity index (χ4v) is 3.74. The maximum atomic E-state index is 12.9. The monoisotopic (exact) mass is 386 g/mol. The van der Waals surface area contributed by atoms with Crippen LogP contribution in [0.2, 0.25) is 0 Å². The molecule has 0 radical (unpaired) electrons. The minimum absolute atomic E-state index is 0.00214. The molecule has 1 unspecified atom stereocenters. The van der Waals surface area contributed by atoms with E-state index in [2.05, 4.69) is 51.2 Å². The van der Waals surface area contributed by atoms with Crippen LogP contribution in [-0.2, 0) is 17.9 Å². The number of likely N-dealkylation sites (tertiary alicyclic amines) is 1. The van der Waals surface area contributed by atoms with Crippen molar-refractivity contribution in [3.8, 4) is 0 Å². The number of amides is 1. The predicted octanol–water partition coefficient (Wildman–Crippen LogP) is 4.07. The van der Waals surface area contributed by atoms with Crippen molar-refractivity contribution in [2.45, 2.75) is 32.0 Å². The minimum Gasteiger partial charge on any atom is -0.340 e. The molecule has 1 saturated heterocycles. The quantitative estimate of drug-likeness (QED) is 0.772. The molecule has 1 amide bonds. The molecule has 2 aromatic carbocycles. The second-order valence-electron chi connectivity index (χ2n) is 6.40. The summed E-state index contributed by atoms with van der Waals surface area (Å²) in [4.78, 5) is 17.1. The van der Waals surface area contributed by atoms with E-state index in [9.17, 15) is 4.79 Å². The smallest absolute Gasteiger partial charge is 0.239 e. The Bertz CT molecular complexity index is 689. The van der Waals surface area contributed by atoms with Crippen LogP contribution in [0.5, 0.6) is 0 Å². The lowest BCUT2D eigenvalue weighted by molar-refractivity contribution is -0.135. The normalized spacial score (nSPS) is 17.8. The predicted molar refractivity (Wildman–Crippen MR) is 100 cm³/mol. The molecule has 1 atom stereocenters. The van der Waals surface area contributed by atoms with Gasteiger partial charge in [-0.2, -0.15) is 0 Å². The lowest BCUT2D eigenvalue weighted by atomic mass is 10.1. The SMILES string of the molecule is CN(Cc1ccccc1Br)C(=O)C1CCCN1Cc1ccccc1. The van der Waals surface area contributed by atoms with Gasteiger partial charge in [-0.25, -0.2) is 0 Å². The van der Waals surface area contributed by atoms with Gasteiger partial charge >= 0.3 is 0 Å². The van der Waals surface area contributed by atoms with Gasteiger partial charge in [0.05, 0.1) is 6.04 Å². The summed E-state index contributed by atoms with van der Waals surface area (Å²) < 4.78 is 1.05. The molecule has 1 heterocycles. The third-order valence-corrected chi connectivity index (χ3v) is 5.39. The molecule has 0 spiro atoms. The summed E-state index contributed by atoms with van der Waals surface area (Å²) >= 11 is 3.57. The van der Waals surface area contributed by atoms with Gasteiger partial charge in [0.25, 0.3) is 0 Å². The number of halogens is 1. The molecule has 0 saturated carbocycles. The van der Waals surface area contributed by atoms with Crippen LogP contribution >= 0.6 is 15.9 Å². The Labute approximate surface area is 152 Å². The standard InChI is InChI=1S/C20H23BrN2O/c1-22(15-17-10-5-6-11-18(17)21)20(24)19-12-7-13-23(19)14-16-8-3-2-4-9-16/h2-6,8-11,19H,7,12-15H2,1H3. The Morgan fingerprint density at radius 3 is 2.62 bits per heavy atom. The highest BCUT2D eigenvalue weighted by Gasteiger charge is 2.32. The molecule has 0 aromatic heterocycles. The Morgan fingerprint density at radius 1 is 1.17 bits per heavy atom. The molecule has 0 aliphatic carbocycles. The molecule has 0 bridgehead atoms. The zero-order chi connectivity index (χ0) is 16.9. The van der Waals surface area contributed by atoms with Crippen LogP contribution in [0, 0.1) is 0 Å². The number of carbonyl (C=O) groups is 1. The highest BCUT2D eigenvalue weighted by atomic mass is 79.9. The van der Waals surface area contributed by atoms with Crippen LogP contribution in [0.25, 0.3) is 0 Å². The van der Waals surface area contributed by atoms with E-state index in [0.717, 1.165) is 36.0 Å². The summed E-state index contributed by atoms with van der Waals surface area (Å²) in [5.74, 6) is 0.221. The molecule has 1 aliphatic rings. The largest absolute Gasteiger partial charge is 0.340 e. The van der Waals surface area contributed by atoms with Crippen molar-refractivity contribution >= 4 is 21.8 Å². The number of benzene rings is 2. The zero-order valence-electron chi connectivity index (χ0n) is 14.0. The third kappa shape index (κ3) is 4.05. The van der Waals surface area contributed by atoms with Crippen molar-refractivity contribution in [3.05, 3.63) is 70.2 Å². The van der Waals surface area contributed by atoms with Crippen molar-refractivity contribution in [2.75, 3.05) is 13.6 Å². The summed E-state index contributed by atoms with van der Waals surface area (Å²) in [5, 5.41) is 0. The van der Waals surface area contributed by atoms with Crippen LogP contribution in [0.4, 0.5) is 0 Å². The van der Waals surface area contributed by atoms with E-state index < -0.39 is 0 Å². The topological polar surface area (TPSA) is 23.6 Å². The van der Waals surface area contributed by atoms with Gasteiger partial charge in [-0.15, -0.1) is 0 Å². The van der Waals surface area contributed by atoms with Gasteiger partial charge in [0.15, 0.2) is 0 Å². The first-order valence-electron chi connectivity index (χ1n) is 8.41. The van der Waals surface area contributed by atoms with E-state index in [-0.39, 0.29) is 11.9 Å². The van der Waals surface area contributed by atoms with Gasteiger partial charge in [0.2, 0.25) is 5.91 Å². The van der Waals surface area contributed by atoms with Crippen molar-refractivity contribution in [1.82, 2.24) is 9.80 Å². The van der Waals surface area contributed by atoms with Crippen LogP contribution in [0.1, 0.15) is 24.0 Å². The van der Waals surface area contributed by atoms with Gasteiger partial charge in [0.1, 0.15) is 0 Å². The van der Waals surface area contributed by atoms with E-state index in [1.165, 1.54) is 5.56 Å². The van der Waals surface area contributed by atoms with Gasteiger partial charge in [-0.1, -0.05) is 64.5 Å². The summed E-state index contributed by atoms with van der Waals surface area (Å²) in [7, 11) is 1.90. The molecular weight excluding hydrogens is 364 g/mol. The first-order valence-corrected chi connectivity index (χ1v) is 9.21. The number of carbonyl (C=O) groups excluding carboxylic acids is 1. The Hall–Kier alpha value is -1.65. The van der Waals surface area contributed by atoms with E-state index in [1.54, 1.807) is 0 Å². The summed E-state index contributed by atoms with van der Waals surface area (Å²) in [6, 6.07) is 18.5. The fourth-order valence-electron chi connectivity index (χ4n) is 3.33. The lowest BCUT2D eigenvalue weighted by Gasteiger charge is -2.28. The maximum absolute atomic E-state index is 12.9. The van der Waals surface area contributed by atoms with Gasteiger partial charge in [-0.05, 0) is 36.6 Å². The first-order chi connectivity index (χ1) is 11.6.